The largest absolute Gasteiger partial charge is 0.325 e. The highest BCUT2D eigenvalue weighted by Gasteiger charge is 2.37. The van der Waals surface area contributed by atoms with Crippen LogP contribution in [0, 0.1) is 5.92 Å². The summed E-state index contributed by atoms with van der Waals surface area (Å²) in [4.78, 5) is 11.7. The van der Waals surface area contributed by atoms with Crippen LogP contribution in [0.3, 0.4) is 0 Å². The molecule has 1 aromatic carbocycles. The first kappa shape index (κ1) is 12.1. The van der Waals surface area contributed by atoms with Gasteiger partial charge in [-0.05, 0) is 44.7 Å². The van der Waals surface area contributed by atoms with E-state index in [1.165, 1.54) is 12.8 Å². The van der Waals surface area contributed by atoms with E-state index in [0.29, 0.717) is 6.54 Å². The predicted molar refractivity (Wildman–Crippen MR) is 69.9 cm³/mol. The van der Waals surface area contributed by atoms with Crippen molar-refractivity contribution in [3.05, 3.63) is 30.3 Å². The van der Waals surface area contributed by atoms with Crippen molar-refractivity contribution in [1.82, 2.24) is 5.32 Å². The van der Waals surface area contributed by atoms with E-state index in [9.17, 15) is 4.79 Å². The minimum absolute atomic E-state index is 0.0184. The first-order chi connectivity index (χ1) is 8.08. The van der Waals surface area contributed by atoms with E-state index in [-0.39, 0.29) is 11.4 Å². The van der Waals surface area contributed by atoms with Crippen LogP contribution >= 0.6 is 0 Å². The third-order valence-corrected chi connectivity index (χ3v) is 3.36. The van der Waals surface area contributed by atoms with Crippen molar-refractivity contribution < 1.29 is 4.79 Å². The zero-order valence-corrected chi connectivity index (χ0v) is 10.5. The molecule has 0 saturated heterocycles. The van der Waals surface area contributed by atoms with Crippen LogP contribution in [0.15, 0.2) is 30.3 Å². The van der Waals surface area contributed by atoms with E-state index in [1.807, 2.05) is 30.3 Å². The Balaban J connectivity index is 1.78. The summed E-state index contributed by atoms with van der Waals surface area (Å²) in [7, 11) is 0. The number of hydrogen-bond acceptors (Lipinski definition) is 2. The highest BCUT2D eigenvalue weighted by atomic mass is 16.1. The molecule has 0 unspecified atom stereocenters. The van der Waals surface area contributed by atoms with Crippen LogP contribution < -0.4 is 10.6 Å². The van der Waals surface area contributed by atoms with Crippen LogP contribution in [0.25, 0.3) is 0 Å². The molecular formula is C14H20N2O. The molecule has 1 fully saturated rings. The predicted octanol–water partition coefficient (Wildman–Crippen LogP) is 2.40. The molecule has 0 spiro atoms. The maximum Gasteiger partial charge on any atom is 0.238 e. The van der Waals surface area contributed by atoms with Crippen LogP contribution in [0.5, 0.6) is 0 Å². The molecule has 92 valence electrons. The van der Waals surface area contributed by atoms with Gasteiger partial charge in [0, 0.05) is 11.2 Å². The number of benzene rings is 1. The fraction of sp³-hybridized carbons (Fsp3) is 0.500. The molecule has 1 aliphatic rings. The van der Waals surface area contributed by atoms with Crippen LogP contribution in [-0.4, -0.2) is 18.0 Å². The Morgan fingerprint density at radius 3 is 2.53 bits per heavy atom. The quantitative estimate of drug-likeness (QED) is 0.818. The zero-order valence-electron chi connectivity index (χ0n) is 10.5. The standard InChI is InChI=1S/C14H20N2O/c1-14(2,11-8-9-11)15-10-13(17)16-12-6-4-3-5-7-12/h3-7,11,15H,8-10H2,1-2H3,(H,16,17). The molecule has 0 atom stereocenters. The first-order valence-electron chi connectivity index (χ1n) is 6.18. The molecule has 1 amide bonds. The number of amides is 1. The number of para-hydroxylation sites is 1. The van der Waals surface area contributed by atoms with E-state index in [4.69, 9.17) is 0 Å². The van der Waals surface area contributed by atoms with E-state index >= 15 is 0 Å². The lowest BCUT2D eigenvalue weighted by molar-refractivity contribution is -0.115. The Kier molecular flexibility index (Phi) is 3.48. The lowest BCUT2D eigenvalue weighted by atomic mass is 9.99. The molecule has 17 heavy (non-hydrogen) atoms. The normalized spacial score (nSPS) is 15.6. The van der Waals surface area contributed by atoms with Gasteiger partial charge >= 0.3 is 0 Å². The number of carbonyl (C=O) groups is 1. The topological polar surface area (TPSA) is 41.1 Å². The number of anilines is 1. The van der Waals surface area contributed by atoms with Gasteiger partial charge in [0.1, 0.15) is 0 Å². The Bertz CT molecular complexity index is 382. The van der Waals surface area contributed by atoms with E-state index in [0.717, 1.165) is 11.6 Å². The van der Waals surface area contributed by atoms with Gasteiger partial charge in [-0.15, -0.1) is 0 Å². The van der Waals surface area contributed by atoms with E-state index < -0.39 is 0 Å². The van der Waals surface area contributed by atoms with Gasteiger partial charge in [-0.2, -0.15) is 0 Å². The van der Waals surface area contributed by atoms with Crippen LogP contribution in [-0.2, 0) is 4.79 Å². The second-order valence-electron chi connectivity index (χ2n) is 5.26. The Labute approximate surface area is 103 Å². The molecule has 0 aliphatic heterocycles. The molecule has 1 aromatic rings. The Hall–Kier alpha value is -1.35. The third kappa shape index (κ3) is 3.56. The average molecular weight is 232 g/mol. The molecule has 1 aliphatic carbocycles. The lowest BCUT2D eigenvalue weighted by Crippen LogP contribution is -2.45. The first-order valence-corrected chi connectivity index (χ1v) is 6.18. The van der Waals surface area contributed by atoms with Gasteiger partial charge in [-0.1, -0.05) is 18.2 Å². The second-order valence-corrected chi connectivity index (χ2v) is 5.26. The van der Waals surface area contributed by atoms with Crippen molar-refractivity contribution in [3.8, 4) is 0 Å². The molecule has 0 aromatic heterocycles. The average Bonchev–Trinajstić information content (AvgIpc) is 3.12. The monoisotopic (exact) mass is 232 g/mol. The van der Waals surface area contributed by atoms with Gasteiger partial charge in [0.15, 0.2) is 0 Å². The summed E-state index contributed by atoms with van der Waals surface area (Å²) in [5.41, 5.74) is 0.928. The second kappa shape index (κ2) is 4.88. The van der Waals surface area contributed by atoms with Gasteiger partial charge in [0.05, 0.1) is 6.54 Å². The maximum absolute atomic E-state index is 11.7. The van der Waals surface area contributed by atoms with Gasteiger partial charge in [0.2, 0.25) is 5.91 Å². The van der Waals surface area contributed by atoms with E-state index in [2.05, 4.69) is 24.5 Å². The third-order valence-electron chi connectivity index (χ3n) is 3.36. The fourth-order valence-electron chi connectivity index (χ4n) is 1.98. The van der Waals surface area contributed by atoms with Crippen molar-refractivity contribution in [3.63, 3.8) is 0 Å². The smallest absolute Gasteiger partial charge is 0.238 e. The summed E-state index contributed by atoms with van der Waals surface area (Å²) in [5, 5.41) is 6.20. The van der Waals surface area contributed by atoms with Crippen molar-refractivity contribution in [2.24, 2.45) is 5.92 Å². The van der Waals surface area contributed by atoms with Crippen molar-refractivity contribution in [1.29, 1.82) is 0 Å². The van der Waals surface area contributed by atoms with Gasteiger partial charge in [-0.25, -0.2) is 0 Å². The number of carbonyl (C=O) groups excluding carboxylic acids is 1. The van der Waals surface area contributed by atoms with Gasteiger partial charge < -0.3 is 10.6 Å². The number of hydrogen-bond donors (Lipinski definition) is 2. The SMILES string of the molecule is CC(C)(NCC(=O)Nc1ccccc1)C1CC1. The molecular weight excluding hydrogens is 212 g/mol. The summed E-state index contributed by atoms with van der Waals surface area (Å²) in [5.74, 6) is 0.747. The van der Waals surface area contributed by atoms with Gasteiger partial charge in [0.25, 0.3) is 0 Å². The summed E-state index contributed by atoms with van der Waals surface area (Å²) in [6, 6.07) is 9.55. The Morgan fingerprint density at radius 2 is 1.94 bits per heavy atom. The molecule has 2 rings (SSSR count). The highest BCUT2D eigenvalue weighted by Crippen LogP contribution is 2.38. The summed E-state index contributed by atoms with van der Waals surface area (Å²) >= 11 is 0. The molecule has 1 saturated carbocycles. The minimum Gasteiger partial charge on any atom is -0.325 e. The lowest BCUT2D eigenvalue weighted by Gasteiger charge is -2.25. The molecule has 0 bridgehead atoms. The van der Waals surface area contributed by atoms with Crippen molar-refractivity contribution >= 4 is 11.6 Å². The number of nitrogens with one attached hydrogen (secondary N) is 2. The fourth-order valence-corrected chi connectivity index (χ4v) is 1.98. The minimum atomic E-state index is 0.0184. The summed E-state index contributed by atoms with van der Waals surface area (Å²) in [6.45, 7) is 4.71. The maximum atomic E-state index is 11.7. The highest BCUT2D eigenvalue weighted by molar-refractivity contribution is 5.92. The summed E-state index contributed by atoms with van der Waals surface area (Å²) < 4.78 is 0. The van der Waals surface area contributed by atoms with Crippen molar-refractivity contribution in [2.45, 2.75) is 32.2 Å². The molecule has 0 heterocycles. The molecule has 0 radical (unpaired) electrons. The zero-order chi connectivity index (χ0) is 12.3. The van der Waals surface area contributed by atoms with Crippen LogP contribution in [0.2, 0.25) is 0 Å². The number of rotatable bonds is 5. The summed E-state index contributed by atoms with van der Waals surface area (Å²) in [6.07, 6.45) is 2.56. The van der Waals surface area contributed by atoms with Gasteiger partial charge in [-0.3, -0.25) is 4.79 Å². The van der Waals surface area contributed by atoms with E-state index in [1.54, 1.807) is 0 Å². The Morgan fingerprint density at radius 1 is 1.29 bits per heavy atom. The van der Waals surface area contributed by atoms with Crippen molar-refractivity contribution in [2.75, 3.05) is 11.9 Å². The molecule has 3 heteroatoms. The molecule has 3 nitrogen and oxygen atoms in total. The molecule has 2 N–H and O–H groups in total. The van der Waals surface area contributed by atoms with Crippen LogP contribution in [0.4, 0.5) is 5.69 Å². The van der Waals surface area contributed by atoms with Crippen LogP contribution in [0.1, 0.15) is 26.7 Å².